The van der Waals surface area contributed by atoms with Crippen molar-refractivity contribution < 1.29 is 4.79 Å². The van der Waals surface area contributed by atoms with E-state index in [4.69, 9.17) is 0 Å². The van der Waals surface area contributed by atoms with Crippen LogP contribution in [0.25, 0.3) is 11.3 Å². The van der Waals surface area contributed by atoms with Gasteiger partial charge in [-0.25, -0.2) is 5.43 Å². The van der Waals surface area contributed by atoms with Crippen LogP contribution in [0.3, 0.4) is 0 Å². The summed E-state index contributed by atoms with van der Waals surface area (Å²) in [6.07, 6.45) is 1.63. The Morgan fingerprint density at radius 1 is 1.04 bits per heavy atom. The van der Waals surface area contributed by atoms with Crippen molar-refractivity contribution in [3.63, 3.8) is 0 Å². The molecule has 0 aliphatic carbocycles. The number of amides is 1. The van der Waals surface area contributed by atoms with Crippen LogP contribution in [0.1, 0.15) is 53.5 Å². The van der Waals surface area contributed by atoms with Crippen LogP contribution in [-0.2, 0) is 5.41 Å². The molecule has 2 N–H and O–H groups in total. The second-order valence-electron chi connectivity index (χ2n) is 8.04. The van der Waals surface area contributed by atoms with Crippen molar-refractivity contribution in [2.75, 3.05) is 0 Å². The van der Waals surface area contributed by atoms with E-state index in [1.807, 2.05) is 24.3 Å². The van der Waals surface area contributed by atoms with Crippen LogP contribution in [0, 0.1) is 13.8 Å². The lowest BCUT2D eigenvalue weighted by Gasteiger charge is -2.18. The monoisotopic (exact) mass is 374 g/mol. The molecule has 0 spiro atoms. The predicted octanol–water partition coefficient (Wildman–Crippen LogP) is 4.75. The Hall–Kier alpha value is -3.21. The first-order valence-corrected chi connectivity index (χ1v) is 9.31. The molecule has 28 heavy (non-hydrogen) atoms. The van der Waals surface area contributed by atoms with E-state index >= 15 is 0 Å². The highest BCUT2D eigenvalue weighted by atomic mass is 16.2. The number of H-pyrrole nitrogens is 1. The average Bonchev–Trinajstić information content (AvgIpc) is 3.14. The van der Waals surface area contributed by atoms with Crippen molar-refractivity contribution in [3.05, 3.63) is 76.5 Å². The van der Waals surface area contributed by atoms with Crippen LogP contribution in [0.4, 0.5) is 0 Å². The Kier molecular flexibility index (Phi) is 5.45. The number of carbonyl (C=O) groups excluding carboxylic acids is 1. The number of nitrogens with one attached hydrogen (secondary N) is 2. The van der Waals surface area contributed by atoms with Gasteiger partial charge in [-0.1, -0.05) is 57.2 Å². The summed E-state index contributed by atoms with van der Waals surface area (Å²) < 4.78 is 0. The van der Waals surface area contributed by atoms with E-state index in [0.29, 0.717) is 5.69 Å². The van der Waals surface area contributed by atoms with Crippen molar-refractivity contribution in [3.8, 4) is 11.3 Å². The Bertz CT molecular complexity index is 1010. The molecule has 0 radical (unpaired) electrons. The molecule has 1 aromatic heterocycles. The molecule has 5 heteroatoms. The molecule has 0 unspecified atom stereocenters. The number of carbonyl (C=O) groups is 1. The molecule has 0 aliphatic heterocycles. The molecule has 0 aliphatic rings. The maximum atomic E-state index is 12.3. The number of aryl methyl sites for hydroxylation is 2. The Balaban J connectivity index is 1.64. The first kappa shape index (κ1) is 19.5. The van der Waals surface area contributed by atoms with Gasteiger partial charge in [0.2, 0.25) is 0 Å². The molecule has 0 saturated carbocycles. The Labute approximate surface area is 165 Å². The zero-order valence-corrected chi connectivity index (χ0v) is 17.0. The van der Waals surface area contributed by atoms with Crippen LogP contribution in [0.2, 0.25) is 0 Å². The van der Waals surface area contributed by atoms with Crippen LogP contribution in [0.15, 0.2) is 53.6 Å². The highest BCUT2D eigenvalue weighted by molar-refractivity contribution is 5.94. The molecule has 1 amide bonds. The van der Waals surface area contributed by atoms with Gasteiger partial charge in [0.05, 0.1) is 11.9 Å². The number of aromatic amines is 1. The molecule has 0 atom stereocenters. The van der Waals surface area contributed by atoms with Gasteiger partial charge >= 0.3 is 0 Å². The van der Waals surface area contributed by atoms with E-state index in [1.54, 1.807) is 12.3 Å². The van der Waals surface area contributed by atoms with E-state index in [0.717, 1.165) is 16.8 Å². The highest BCUT2D eigenvalue weighted by Crippen LogP contribution is 2.22. The number of rotatable bonds is 4. The van der Waals surface area contributed by atoms with Crippen molar-refractivity contribution in [1.82, 2.24) is 15.6 Å². The second kappa shape index (κ2) is 7.80. The van der Waals surface area contributed by atoms with E-state index < -0.39 is 0 Å². The van der Waals surface area contributed by atoms with E-state index in [-0.39, 0.29) is 11.3 Å². The molecule has 5 nitrogen and oxygen atoms in total. The van der Waals surface area contributed by atoms with Gasteiger partial charge in [-0.2, -0.15) is 10.2 Å². The molecule has 0 fully saturated rings. The van der Waals surface area contributed by atoms with Gasteiger partial charge in [0.15, 0.2) is 0 Å². The third-order valence-corrected chi connectivity index (χ3v) is 4.78. The van der Waals surface area contributed by atoms with Crippen LogP contribution < -0.4 is 5.43 Å². The van der Waals surface area contributed by atoms with Crippen molar-refractivity contribution in [1.29, 1.82) is 0 Å². The standard InChI is InChI=1S/C23H26N4O/c1-15-6-9-18(12-16(15)2)20-13-21(26-25-20)22(28)27-24-14-17-7-10-19(11-8-17)23(3,4)5/h6-14H,1-5H3,(H,25,26)(H,27,28). The SMILES string of the molecule is Cc1ccc(-c2cc(C(=O)NN=Cc3ccc(C(C)(C)C)cc3)[nH]n2)cc1C. The summed E-state index contributed by atoms with van der Waals surface area (Å²) in [4.78, 5) is 12.3. The van der Waals surface area contributed by atoms with Crippen molar-refractivity contribution in [2.45, 2.75) is 40.0 Å². The van der Waals surface area contributed by atoms with Gasteiger partial charge in [-0.05, 0) is 53.6 Å². The Morgan fingerprint density at radius 3 is 2.39 bits per heavy atom. The fraction of sp³-hybridized carbons (Fsp3) is 0.261. The van der Waals surface area contributed by atoms with Gasteiger partial charge in [0, 0.05) is 5.56 Å². The number of hydrogen-bond acceptors (Lipinski definition) is 3. The van der Waals surface area contributed by atoms with E-state index in [2.05, 4.69) is 73.5 Å². The first-order chi connectivity index (χ1) is 13.2. The largest absolute Gasteiger partial charge is 0.289 e. The van der Waals surface area contributed by atoms with Crippen LogP contribution in [-0.4, -0.2) is 22.3 Å². The van der Waals surface area contributed by atoms with Gasteiger partial charge in [-0.3, -0.25) is 9.89 Å². The number of aromatic nitrogens is 2. The fourth-order valence-electron chi connectivity index (χ4n) is 2.78. The van der Waals surface area contributed by atoms with Gasteiger partial charge < -0.3 is 0 Å². The smallest absolute Gasteiger partial charge is 0.272 e. The topological polar surface area (TPSA) is 70.1 Å². The molecular weight excluding hydrogens is 348 g/mol. The lowest BCUT2D eigenvalue weighted by Crippen LogP contribution is -2.18. The molecule has 2 aromatic carbocycles. The lowest BCUT2D eigenvalue weighted by atomic mass is 9.87. The highest BCUT2D eigenvalue weighted by Gasteiger charge is 2.13. The fourth-order valence-corrected chi connectivity index (χ4v) is 2.78. The van der Waals surface area contributed by atoms with Crippen molar-refractivity contribution in [2.24, 2.45) is 5.10 Å². The summed E-state index contributed by atoms with van der Waals surface area (Å²) in [5.41, 5.74) is 9.31. The summed E-state index contributed by atoms with van der Waals surface area (Å²) in [5, 5.41) is 11.1. The minimum absolute atomic E-state index is 0.109. The average molecular weight is 374 g/mol. The summed E-state index contributed by atoms with van der Waals surface area (Å²) in [6, 6.07) is 16.0. The quantitative estimate of drug-likeness (QED) is 0.511. The maximum Gasteiger partial charge on any atom is 0.289 e. The molecule has 0 bridgehead atoms. The first-order valence-electron chi connectivity index (χ1n) is 9.31. The number of hydrogen-bond donors (Lipinski definition) is 2. The summed E-state index contributed by atoms with van der Waals surface area (Å²) in [6.45, 7) is 10.6. The molecular formula is C23H26N4O. The zero-order valence-electron chi connectivity index (χ0n) is 17.0. The third kappa shape index (κ3) is 4.55. The third-order valence-electron chi connectivity index (χ3n) is 4.78. The predicted molar refractivity (Wildman–Crippen MR) is 114 cm³/mol. The normalized spacial score (nSPS) is 11.8. The molecule has 3 aromatic rings. The summed E-state index contributed by atoms with van der Waals surface area (Å²) in [7, 11) is 0. The van der Waals surface area contributed by atoms with Crippen LogP contribution >= 0.6 is 0 Å². The minimum Gasteiger partial charge on any atom is -0.272 e. The van der Waals surface area contributed by atoms with Crippen LogP contribution in [0.5, 0.6) is 0 Å². The second-order valence-corrected chi connectivity index (χ2v) is 8.04. The molecule has 0 saturated heterocycles. The number of hydrazone groups is 1. The summed E-state index contributed by atoms with van der Waals surface area (Å²) >= 11 is 0. The van der Waals surface area contributed by atoms with Gasteiger partial charge in [0.1, 0.15) is 5.69 Å². The number of benzene rings is 2. The van der Waals surface area contributed by atoms with Crippen molar-refractivity contribution >= 4 is 12.1 Å². The summed E-state index contributed by atoms with van der Waals surface area (Å²) in [5.74, 6) is -0.329. The number of nitrogens with zero attached hydrogens (tertiary/aromatic N) is 2. The van der Waals surface area contributed by atoms with E-state index in [9.17, 15) is 4.79 Å². The van der Waals surface area contributed by atoms with E-state index in [1.165, 1.54) is 16.7 Å². The molecule has 1 heterocycles. The molecule has 3 rings (SSSR count). The van der Waals surface area contributed by atoms with Gasteiger partial charge in [0.25, 0.3) is 5.91 Å². The van der Waals surface area contributed by atoms with Gasteiger partial charge in [-0.15, -0.1) is 0 Å². The molecule has 144 valence electrons. The Morgan fingerprint density at radius 2 is 1.75 bits per heavy atom. The lowest BCUT2D eigenvalue weighted by molar-refractivity contribution is 0.0950. The zero-order chi connectivity index (χ0) is 20.3. The maximum absolute atomic E-state index is 12.3. The minimum atomic E-state index is -0.329.